The number of alkyl halides is 1. The van der Waals surface area contributed by atoms with E-state index >= 15 is 0 Å². The van der Waals surface area contributed by atoms with Crippen molar-refractivity contribution in [3.05, 3.63) is 68.4 Å². The molecule has 0 aliphatic rings. The molecule has 2 rings (SSSR count). The van der Waals surface area contributed by atoms with Gasteiger partial charge in [0.2, 0.25) is 0 Å². The predicted octanol–water partition coefficient (Wildman–Crippen LogP) is 6.07. The highest BCUT2D eigenvalue weighted by Crippen LogP contribution is 2.30. The maximum atomic E-state index is 13.9. The van der Waals surface area contributed by atoms with Gasteiger partial charge in [-0.15, -0.1) is 0 Å². The van der Waals surface area contributed by atoms with E-state index in [2.05, 4.69) is 53.9 Å². The summed E-state index contributed by atoms with van der Waals surface area (Å²) in [6, 6.07) is 13.3. The van der Waals surface area contributed by atoms with E-state index < -0.39 is 0 Å². The number of rotatable bonds is 4. The van der Waals surface area contributed by atoms with Gasteiger partial charge in [0.1, 0.15) is 5.82 Å². The topological polar surface area (TPSA) is 0 Å². The fourth-order valence-corrected chi connectivity index (χ4v) is 3.53. The fraction of sp³-hybridized carbons (Fsp3) is 0.200. The molecule has 0 radical (unpaired) electrons. The first kappa shape index (κ1) is 15.2. The molecule has 1 unspecified atom stereocenters. The van der Waals surface area contributed by atoms with Crippen molar-refractivity contribution in [2.24, 2.45) is 0 Å². The van der Waals surface area contributed by atoms with E-state index in [9.17, 15) is 4.39 Å². The van der Waals surface area contributed by atoms with Crippen LogP contribution in [0.3, 0.4) is 0 Å². The lowest BCUT2D eigenvalue weighted by Gasteiger charge is -2.17. The Balaban J connectivity index is 2.27. The summed E-state index contributed by atoms with van der Waals surface area (Å²) in [5.74, 6) is 0.0821. The van der Waals surface area contributed by atoms with Gasteiger partial charge in [-0.25, -0.2) is 4.39 Å². The van der Waals surface area contributed by atoms with Crippen LogP contribution in [0.15, 0.2) is 51.4 Å². The van der Waals surface area contributed by atoms with Crippen LogP contribution < -0.4 is 0 Å². The molecule has 0 aromatic heterocycles. The molecule has 0 saturated heterocycles. The zero-order valence-electron chi connectivity index (χ0n) is 10.0. The zero-order chi connectivity index (χ0) is 13.8. The standard InChI is InChI=1S/C15H12Br3F/c16-9-11(13-3-1-2-4-14(13)18)7-10-5-6-12(17)8-15(10)19/h1-6,8,11H,7,9H2. The molecule has 1 atom stereocenters. The second-order valence-corrected chi connectivity index (χ2v) is 6.73. The third-order valence-corrected chi connectivity index (χ3v) is 5.01. The lowest BCUT2D eigenvalue weighted by molar-refractivity contribution is 0.598. The summed E-state index contributed by atoms with van der Waals surface area (Å²) >= 11 is 10.4. The Morgan fingerprint density at radius 1 is 1.05 bits per heavy atom. The van der Waals surface area contributed by atoms with E-state index in [1.54, 1.807) is 0 Å². The molecule has 0 fully saturated rings. The zero-order valence-corrected chi connectivity index (χ0v) is 14.8. The second kappa shape index (κ2) is 7.00. The van der Waals surface area contributed by atoms with E-state index in [1.807, 2.05) is 30.3 Å². The minimum atomic E-state index is -0.160. The van der Waals surface area contributed by atoms with E-state index in [1.165, 1.54) is 11.6 Å². The summed E-state index contributed by atoms with van der Waals surface area (Å²) in [6.45, 7) is 0. The first-order chi connectivity index (χ1) is 9.11. The third-order valence-electron chi connectivity index (χ3n) is 3.01. The molecule has 0 spiro atoms. The van der Waals surface area contributed by atoms with Crippen LogP contribution in [-0.2, 0) is 6.42 Å². The molecule has 19 heavy (non-hydrogen) atoms. The first-order valence-corrected chi connectivity index (χ1v) is 8.57. The molecule has 0 N–H and O–H groups in total. The van der Waals surface area contributed by atoms with Gasteiger partial charge in [0.15, 0.2) is 0 Å². The van der Waals surface area contributed by atoms with Crippen molar-refractivity contribution in [1.82, 2.24) is 0 Å². The smallest absolute Gasteiger partial charge is 0.127 e. The number of halogens is 4. The quantitative estimate of drug-likeness (QED) is 0.496. The molecule has 0 nitrogen and oxygen atoms in total. The van der Waals surface area contributed by atoms with Gasteiger partial charge in [-0.2, -0.15) is 0 Å². The average molecular weight is 451 g/mol. The Labute approximate surface area is 137 Å². The summed E-state index contributed by atoms with van der Waals surface area (Å²) in [6.07, 6.45) is 0.674. The molecule has 2 aromatic rings. The predicted molar refractivity (Wildman–Crippen MR) is 88.5 cm³/mol. The third kappa shape index (κ3) is 3.89. The Bertz CT molecular complexity index is 569. The number of hydrogen-bond donors (Lipinski definition) is 0. The summed E-state index contributed by atoms with van der Waals surface area (Å²) in [4.78, 5) is 0. The van der Waals surface area contributed by atoms with Gasteiger partial charge < -0.3 is 0 Å². The van der Waals surface area contributed by atoms with Crippen LogP contribution in [0.4, 0.5) is 4.39 Å². The van der Waals surface area contributed by atoms with Gasteiger partial charge in [0.05, 0.1) is 0 Å². The fourth-order valence-electron chi connectivity index (χ4n) is 2.01. The molecule has 100 valence electrons. The monoisotopic (exact) mass is 448 g/mol. The van der Waals surface area contributed by atoms with Crippen LogP contribution in [0, 0.1) is 5.82 Å². The van der Waals surface area contributed by atoms with Gasteiger partial charge in [-0.1, -0.05) is 72.1 Å². The summed E-state index contributed by atoms with van der Waals surface area (Å²) in [5.41, 5.74) is 1.94. The maximum Gasteiger partial charge on any atom is 0.127 e. The van der Waals surface area contributed by atoms with Crippen LogP contribution in [0.5, 0.6) is 0 Å². The highest BCUT2D eigenvalue weighted by atomic mass is 79.9. The van der Waals surface area contributed by atoms with Crippen molar-refractivity contribution in [1.29, 1.82) is 0 Å². The minimum absolute atomic E-state index is 0.160. The van der Waals surface area contributed by atoms with Crippen LogP contribution in [0.25, 0.3) is 0 Å². The van der Waals surface area contributed by atoms with Crippen molar-refractivity contribution in [2.45, 2.75) is 12.3 Å². The second-order valence-electron chi connectivity index (χ2n) is 4.31. The average Bonchev–Trinajstić information content (AvgIpc) is 2.39. The number of hydrogen-bond acceptors (Lipinski definition) is 0. The Morgan fingerprint density at radius 3 is 2.42 bits per heavy atom. The molecular formula is C15H12Br3F. The lowest BCUT2D eigenvalue weighted by atomic mass is 9.93. The van der Waals surface area contributed by atoms with Gasteiger partial charge in [-0.05, 0) is 41.7 Å². The SMILES string of the molecule is Fc1cc(Br)ccc1CC(CBr)c1ccccc1Br. The maximum absolute atomic E-state index is 13.9. The van der Waals surface area contributed by atoms with E-state index in [0.717, 1.165) is 19.8 Å². The highest BCUT2D eigenvalue weighted by Gasteiger charge is 2.16. The summed E-state index contributed by atoms with van der Waals surface area (Å²) in [5, 5.41) is 0.797. The summed E-state index contributed by atoms with van der Waals surface area (Å²) in [7, 11) is 0. The largest absolute Gasteiger partial charge is 0.207 e. The molecule has 2 aromatic carbocycles. The Morgan fingerprint density at radius 2 is 1.79 bits per heavy atom. The molecule has 0 aliphatic carbocycles. The molecule has 4 heteroatoms. The van der Waals surface area contributed by atoms with E-state index in [4.69, 9.17) is 0 Å². The van der Waals surface area contributed by atoms with Crippen molar-refractivity contribution in [3.63, 3.8) is 0 Å². The van der Waals surface area contributed by atoms with Crippen LogP contribution in [0.1, 0.15) is 17.0 Å². The van der Waals surface area contributed by atoms with Crippen molar-refractivity contribution in [3.8, 4) is 0 Å². The molecule has 0 bridgehead atoms. The Kier molecular flexibility index (Phi) is 5.60. The van der Waals surface area contributed by atoms with Crippen molar-refractivity contribution in [2.75, 3.05) is 5.33 Å². The Hall–Kier alpha value is -0.190. The molecule has 0 saturated carbocycles. The van der Waals surface area contributed by atoms with Gasteiger partial charge in [0.25, 0.3) is 0 Å². The first-order valence-electron chi connectivity index (χ1n) is 5.86. The minimum Gasteiger partial charge on any atom is -0.207 e. The highest BCUT2D eigenvalue weighted by molar-refractivity contribution is 9.11. The summed E-state index contributed by atoms with van der Waals surface area (Å²) < 4.78 is 15.7. The lowest BCUT2D eigenvalue weighted by Crippen LogP contribution is -2.06. The normalized spacial score (nSPS) is 12.4. The molecule has 0 aliphatic heterocycles. The van der Waals surface area contributed by atoms with Crippen molar-refractivity contribution >= 4 is 47.8 Å². The molecule has 0 heterocycles. The van der Waals surface area contributed by atoms with Crippen molar-refractivity contribution < 1.29 is 4.39 Å². The van der Waals surface area contributed by atoms with Crippen LogP contribution >= 0.6 is 47.8 Å². The van der Waals surface area contributed by atoms with E-state index in [-0.39, 0.29) is 11.7 Å². The van der Waals surface area contributed by atoms with Crippen LogP contribution in [0.2, 0.25) is 0 Å². The molecule has 0 amide bonds. The molecular weight excluding hydrogens is 439 g/mol. The van der Waals surface area contributed by atoms with E-state index in [0.29, 0.717) is 6.42 Å². The van der Waals surface area contributed by atoms with Gasteiger partial charge >= 0.3 is 0 Å². The van der Waals surface area contributed by atoms with Gasteiger partial charge in [-0.3, -0.25) is 0 Å². The number of benzene rings is 2. The van der Waals surface area contributed by atoms with Gasteiger partial charge in [0, 0.05) is 14.3 Å². The van der Waals surface area contributed by atoms with Crippen LogP contribution in [-0.4, -0.2) is 5.33 Å².